The second kappa shape index (κ2) is 6.39. The van der Waals surface area contributed by atoms with Crippen LogP contribution in [0.1, 0.15) is 20.8 Å². The Hall–Kier alpha value is -2.37. The van der Waals surface area contributed by atoms with E-state index < -0.39 is 0 Å². The van der Waals surface area contributed by atoms with Crippen molar-refractivity contribution in [2.45, 2.75) is 20.8 Å². The zero-order chi connectivity index (χ0) is 16.3. The van der Waals surface area contributed by atoms with Gasteiger partial charge in [0.1, 0.15) is 0 Å². The van der Waals surface area contributed by atoms with E-state index >= 15 is 0 Å². The minimum absolute atomic E-state index is 0.131. The van der Waals surface area contributed by atoms with Crippen LogP contribution in [-0.4, -0.2) is 38.9 Å². The zero-order valence-electron chi connectivity index (χ0n) is 13.3. The Labute approximate surface area is 124 Å². The highest BCUT2D eigenvalue weighted by Crippen LogP contribution is 2.29. The van der Waals surface area contributed by atoms with Crippen LogP contribution in [-0.2, 0) is 14.4 Å². The molecule has 0 aromatic heterocycles. The molecule has 0 aliphatic heterocycles. The molecule has 0 unspecified atom stereocenters. The van der Waals surface area contributed by atoms with E-state index in [0.717, 1.165) is 0 Å². The molecule has 0 N–H and O–H groups in total. The van der Waals surface area contributed by atoms with Gasteiger partial charge in [-0.15, -0.1) is 0 Å². The number of benzene rings is 1. The van der Waals surface area contributed by atoms with Gasteiger partial charge in [-0.05, 0) is 18.2 Å². The van der Waals surface area contributed by atoms with Crippen molar-refractivity contribution in [2.24, 2.45) is 0 Å². The van der Waals surface area contributed by atoms with Crippen molar-refractivity contribution in [3.05, 3.63) is 18.2 Å². The maximum absolute atomic E-state index is 11.5. The Balaban J connectivity index is 3.42. The van der Waals surface area contributed by atoms with E-state index in [4.69, 9.17) is 0 Å². The number of carbonyl (C=O) groups is 3. The molecular formula is C15H21N3O3. The van der Waals surface area contributed by atoms with Gasteiger partial charge in [-0.1, -0.05) is 0 Å². The molecule has 0 fully saturated rings. The molecule has 3 amide bonds. The fraction of sp³-hybridized carbons (Fsp3) is 0.400. The molecule has 0 saturated heterocycles. The van der Waals surface area contributed by atoms with Gasteiger partial charge in [0.25, 0.3) is 0 Å². The normalized spacial score (nSPS) is 10.0. The predicted molar refractivity (Wildman–Crippen MR) is 83.7 cm³/mol. The zero-order valence-corrected chi connectivity index (χ0v) is 13.3. The van der Waals surface area contributed by atoms with Gasteiger partial charge in [-0.2, -0.15) is 0 Å². The molecule has 0 bridgehead atoms. The van der Waals surface area contributed by atoms with Crippen LogP contribution in [0.25, 0.3) is 0 Å². The van der Waals surface area contributed by atoms with Gasteiger partial charge < -0.3 is 14.7 Å². The highest BCUT2D eigenvalue weighted by Gasteiger charge is 2.15. The molecule has 0 atom stereocenters. The lowest BCUT2D eigenvalue weighted by Gasteiger charge is -2.24. The summed E-state index contributed by atoms with van der Waals surface area (Å²) in [5, 5.41) is 0. The van der Waals surface area contributed by atoms with Crippen LogP contribution in [0, 0.1) is 0 Å². The number of rotatable bonds is 3. The molecule has 1 rings (SSSR count). The first-order valence-electron chi connectivity index (χ1n) is 6.53. The van der Waals surface area contributed by atoms with Crippen molar-refractivity contribution in [3.63, 3.8) is 0 Å². The van der Waals surface area contributed by atoms with Crippen LogP contribution in [0.4, 0.5) is 17.1 Å². The summed E-state index contributed by atoms with van der Waals surface area (Å²) in [6.07, 6.45) is 0. The summed E-state index contributed by atoms with van der Waals surface area (Å²) in [6.45, 7) is 4.36. The van der Waals surface area contributed by atoms with Crippen LogP contribution in [0.2, 0.25) is 0 Å². The molecule has 0 saturated carbocycles. The van der Waals surface area contributed by atoms with Crippen molar-refractivity contribution < 1.29 is 14.4 Å². The fourth-order valence-corrected chi connectivity index (χ4v) is 1.71. The molecule has 0 spiro atoms. The third-order valence-corrected chi connectivity index (χ3v) is 3.47. The van der Waals surface area contributed by atoms with Crippen molar-refractivity contribution >= 4 is 34.8 Å². The Morgan fingerprint density at radius 3 is 0.952 bits per heavy atom. The third kappa shape index (κ3) is 3.81. The highest BCUT2D eigenvalue weighted by atomic mass is 16.2. The molecular weight excluding hydrogens is 270 g/mol. The molecule has 0 aliphatic rings. The number of carbonyl (C=O) groups excluding carboxylic acids is 3. The van der Waals surface area contributed by atoms with Gasteiger partial charge in [0.15, 0.2) is 0 Å². The topological polar surface area (TPSA) is 60.9 Å². The predicted octanol–water partition coefficient (Wildman–Crippen LogP) is 1.63. The minimum Gasteiger partial charge on any atom is -0.316 e. The summed E-state index contributed by atoms with van der Waals surface area (Å²) >= 11 is 0. The molecule has 21 heavy (non-hydrogen) atoms. The SMILES string of the molecule is CC(=O)N(C)c1cc(N(C)C(C)=O)cc(N(C)C(C)=O)c1. The van der Waals surface area contributed by atoms with Gasteiger partial charge >= 0.3 is 0 Å². The van der Waals surface area contributed by atoms with Crippen LogP contribution >= 0.6 is 0 Å². The average molecular weight is 291 g/mol. The van der Waals surface area contributed by atoms with Crippen LogP contribution in [0.15, 0.2) is 18.2 Å². The van der Waals surface area contributed by atoms with Gasteiger partial charge in [0, 0.05) is 59.0 Å². The molecule has 114 valence electrons. The standard InChI is InChI=1S/C15H21N3O3/c1-10(19)16(4)13-7-14(17(5)11(2)20)9-15(8-13)18(6)12(3)21/h7-9H,1-6H3. The molecule has 6 heteroatoms. The van der Waals surface area contributed by atoms with Crippen molar-refractivity contribution in [1.82, 2.24) is 0 Å². The Kier molecular flexibility index (Phi) is 5.07. The monoisotopic (exact) mass is 291 g/mol. The van der Waals surface area contributed by atoms with Crippen molar-refractivity contribution in [1.29, 1.82) is 0 Å². The third-order valence-electron chi connectivity index (χ3n) is 3.47. The number of anilines is 3. The van der Waals surface area contributed by atoms with E-state index in [1.165, 1.54) is 35.5 Å². The Morgan fingerprint density at radius 2 is 0.810 bits per heavy atom. The van der Waals surface area contributed by atoms with E-state index in [9.17, 15) is 14.4 Å². The maximum Gasteiger partial charge on any atom is 0.223 e. The summed E-state index contributed by atoms with van der Waals surface area (Å²) in [5.41, 5.74) is 1.86. The van der Waals surface area contributed by atoms with E-state index in [-0.39, 0.29) is 17.7 Å². The second-order valence-corrected chi connectivity index (χ2v) is 4.94. The van der Waals surface area contributed by atoms with Crippen LogP contribution in [0.5, 0.6) is 0 Å². The Morgan fingerprint density at radius 1 is 0.619 bits per heavy atom. The summed E-state index contributed by atoms with van der Waals surface area (Å²) in [5.74, 6) is -0.392. The summed E-state index contributed by atoms with van der Waals surface area (Å²) < 4.78 is 0. The largest absolute Gasteiger partial charge is 0.316 e. The average Bonchev–Trinajstić information content (AvgIpc) is 2.43. The van der Waals surface area contributed by atoms with Gasteiger partial charge in [0.2, 0.25) is 17.7 Å². The number of hydrogen-bond acceptors (Lipinski definition) is 3. The lowest BCUT2D eigenvalue weighted by molar-refractivity contribution is -0.117. The molecule has 0 radical (unpaired) electrons. The lowest BCUT2D eigenvalue weighted by atomic mass is 10.2. The van der Waals surface area contributed by atoms with E-state index in [0.29, 0.717) is 17.1 Å². The Bertz CT molecular complexity index is 490. The molecule has 1 aromatic rings. The van der Waals surface area contributed by atoms with Gasteiger partial charge in [0.05, 0.1) is 0 Å². The first-order chi connectivity index (χ1) is 9.65. The summed E-state index contributed by atoms with van der Waals surface area (Å²) in [4.78, 5) is 39.0. The first-order valence-corrected chi connectivity index (χ1v) is 6.53. The number of hydrogen-bond donors (Lipinski definition) is 0. The number of amides is 3. The highest BCUT2D eigenvalue weighted by molar-refractivity contribution is 5.98. The second-order valence-electron chi connectivity index (χ2n) is 4.94. The van der Waals surface area contributed by atoms with Gasteiger partial charge in [-0.25, -0.2) is 0 Å². The smallest absolute Gasteiger partial charge is 0.223 e. The van der Waals surface area contributed by atoms with Crippen molar-refractivity contribution in [3.8, 4) is 0 Å². The molecule has 6 nitrogen and oxygen atoms in total. The van der Waals surface area contributed by atoms with Gasteiger partial charge in [-0.3, -0.25) is 14.4 Å². The maximum atomic E-state index is 11.5. The summed E-state index contributed by atoms with van der Waals surface area (Å²) in [7, 11) is 4.94. The summed E-state index contributed by atoms with van der Waals surface area (Å²) in [6, 6.07) is 5.21. The number of nitrogens with zero attached hydrogens (tertiary/aromatic N) is 3. The lowest BCUT2D eigenvalue weighted by Crippen LogP contribution is -2.28. The van der Waals surface area contributed by atoms with Crippen molar-refractivity contribution in [2.75, 3.05) is 35.8 Å². The van der Waals surface area contributed by atoms with E-state index in [2.05, 4.69) is 0 Å². The quantitative estimate of drug-likeness (QED) is 0.850. The van der Waals surface area contributed by atoms with Crippen LogP contribution in [0.3, 0.4) is 0 Å². The molecule has 1 aromatic carbocycles. The van der Waals surface area contributed by atoms with E-state index in [1.807, 2.05) is 0 Å². The fourth-order valence-electron chi connectivity index (χ4n) is 1.71. The minimum atomic E-state index is -0.131. The molecule has 0 heterocycles. The van der Waals surface area contributed by atoms with E-state index in [1.54, 1.807) is 39.3 Å². The van der Waals surface area contributed by atoms with Crippen LogP contribution < -0.4 is 14.7 Å². The molecule has 0 aliphatic carbocycles. The first kappa shape index (κ1) is 16.7.